The van der Waals surface area contributed by atoms with E-state index in [1.165, 1.54) is 0 Å². The highest BCUT2D eigenvalue weighted by Gasteiger charge is 1.58. The van der Waals surface area contributed by atoms with Gasteiger partial charge in [0.1, 0.15) is 0 Å². The molecule has 0 N–H and O–H groups in total. The third kappa shape index (κ3) is 22.4. The average molecular weight is 298 g/mol. The Morgan fingerprint density at radius 2 is 0.833 bits per heavy atom. The van der Waals surface area contributed by atoms with Crippen LogP contribution in [0.15, 0.2) is 30.6 Å². The van der Waals surface area contributed by atoms with Gasteiger partial charge in [0.05, 0.1) is 0 Å². The molecule has 0 radical (unpaired) electrons. The summed E-state index contributed by atoms with van der Waals surface area (Å²) in [5.74, 6) is 0. The van der Waals surface area contributed by atoms with Crippen LogP contribution in [-0.2, 0) is 0 Å². The van der Waals surface area contributed by atoms with Crippen LogP contribution in [0.2, 0.25) is 0 Å². The molecule has 1 aromatic heterocycles. The minimum atomic E-state index is 0. The molecule has 0 unspecified atom stereocenters. The van der Waals surface area contributed by atoms with Crippen molar-refractivity contribution in [1.29, 1.82) is 0 Å². The fourth-order valence-electron chi connectivity index (χ4n) is 0.313. The molecular formula is C5H11Cl6N. The number of aromatic nitrogens is 1. The summed E-state index contributed by atoms with van der Waals surface area (Å²) in [7, 11) is 0. The second-order valence-electron chi connectivity index (χ2n) is 1.02. The second kappa shape index (κ2) is 29.7. The fourth-order valence-corrected chi connectivity index (χ4v) is 0.313. The minimum Gasteiger partial charge on any atom is -0.265 e. The Balaban J connectivity index is -0.0000000150. The third-order valence-electron chi connectivity index (χ3n) is 0.566. The van der Waals surface area contributed by atoms with Crippen LogP contribution in [0.4, 0.5) is 0 Å². The van der Waals surface area contributed by atoms with Crippen molar-refractivity contribution in [3.63, 3.8) is 0 Å². The molecule has 0 aliphatic carbocycles. The maximum atomic E-state index is 3.78. The van der Waals surface area contributed by atoms with E-state index in [0.717, 1.165) is 0 Å². The van der Waals surface area contributed by atoms with E-state index in [9.17, 15) is 0 Å². The second-order valence-corrected chi connectivity index (χ2v) is 1.02. The van der Waals surface area contributed by atoms with Crippen LogP contribution in [0.1, 0.15) is 0 Å². The maximum absolute atomic E-state index is 3.78. The zero-order chi connectivity index (χ0) is 4.24. The van der Waals surface area contributed by atoms with E-state index in [-0.39, 0.29) is 74.4 Å². The first-order valence-corrected chi connectivity index (χ1v) is 1.85. The lowest BCUT2D eigenvalue weighted by atomic mass is 10.5. The normalized spacial score (nSPS) is 4.00. The van der Waals surface area contributed by atoms with Gasteiger partial charge in [0, 0.05) is 12.4 Å². The number of pyridine rings is 1. The molecule has 0 saturated carbocycles. The molecule has 0 amide bonds. The Morgan fingerprint density at radius 1 is 0.500 bits per heavy atom. The predicted octanol–water partition coefficient (Wildman–Crippen LogP) is 3.61. The van der Waals surface area contributed by atoms with Gasteiger partial charge in [0.2, 0.25) is 0 Å². The van der Waals surface area contributed by atoms with E-state index in [1.54, 1.807) is 12.4 Å². The van der Waals surface area contributed by atoms with Crippen molar-refractivity contribution < 1.29 is 0 Å². The summed E-state index contributed by atoms with van der Waals surface area (Å²) in [6.07, 6.45) is 3.50. The molecule has 0 bridgehead atoms. The van der Waals surface area contributed by atoms with Gasteiger partial charge in [0.25, 0.3) is 0 Å². The van der Waals surface area contributed by atoms with E-state index in [0.29, 0.717) is 0 Å². The van der Waals surface area contributed by atoms with Crippen LogP contribution in [0.3, 0.4) is 0 Å². The lowest BCUT2D eigenvalue weighted by molar-refractivity contribution is 1.33. The molecule has 0 aliphatic heterocycles. The van der Waals surface area contributed by atoms with Crippen LogP contribution in [0, 0.1) is 0 Å². The van der Waals surface area contributed by atoms with Crippen molar-refractivity contribution in [1.82, 2.24) is 4.98 Å². The molecule has 0 aromatic carbocycles. The van der Waals surface area contributed by atoms with E-state index in [4.69, 9.17) is 0 Å². The quantitative estimate of drug-likeness (QED) is 0.713. The molecule has 0 aliphatic rings. The predicted molar refractivity (Wildman–Crippen MR) is 67.7 cm³/mol. The van der Waals surface area contributed by atoms with Crippen molar-refractivity contribution in [2.75, 3.05) is 0 Å². The van der Waals surface area contributed by atoms with Crippen LogP contribution in [-0.4, -0.2) is 4.98 Å². The number of nitrogens with zero attached hydrogens (tertiary/aromatic N) is 1. The van der Waals surface area contributed by atoms with Gasteiger partial charge >= 0.3 is 0 Å². The zero-order valence-corrected chi connectivity index (χ0v) is 10.7. The molecule has 0 spiro atoms. The SMILES string of the molecule is Cl.Cl.Cl.Cl.Cl.Cl.c1ccncc1. The first-order chi connectivity index (χ1) is 3.00. The Bertz CT molecular complexity index is 87.9. The highest BCUT2D eigenvalue weighted by Crippen LogP contribution is 1.73. The van der Waals surface area contributed by atoms with E-state index < -0.39 is 0 Å². The monoisotopic (exact) mass is 295 g/mol. The standard InChI is InChI=1S/C5H5N.6ClH/c1-2-4-6-5-3-1;;;;;;/h1-5H;6*1H. The number of rotatable bonds is 0. The summed E-state index contributed by atoms with van der Waals surface area (Å²) in [6, 6.07) is 5.72. The van der Waals surface area contributed by atoms with Crippen molar-refractivity contribution in [3.8, 4) is 0 Å². The topological polar surface area (TPSA) is 12.9 Å². The molecule has 1 aromatic rings. The Hall–Kier alpha value is 0.890. The lowest BCUT2D eigenvalue weighted by Gasteiger charge is -1.70. The first kappa shape index (κ1) is 38.4. The zero-order valence-electron chi connectivity index (χ0n) is 5.78. The van der Waals surface area contributed by atoms with Crippen LogP contribution in [0.5, 0.6) is 0 Å². The van der Waals surface area contributed by atoms with Crippen molar-refractivity contribution in [2.45, 2.75) is 0 Å². The summed E-state index contributed by atoms with van der Waals surface area (Å²) < 4.78 is 0. The van der Waals surface area contributed by atoms with Crippen LogP contribution in [0.25, 0.3) is 0 Å². The van der Waals surface area contributed by atoms with Crippen LogP contribution < -0.4 is 0 Å². The van der Waals surface area contributed by atoms with Crippen molar-refractivity contribution >= 4 is 74.4 Å². The number of halogens is 6. The van der Waals surface area contributed by atoms with Gasteiger partial charge in [-0.05, 0) is 12.1 Å². The minimum absolute atomic E-state index is 0. The van der Waals surface area contributed by atoms with Crippen molar-refractivity contribution in [2.24, 2.45) is 0 Å². The molecule has 78 valence electrons. The maximum Gasteiger partial charge on any atom is 0.0267 e. The Morgan fingerprint density at radius 3 is 0.917 bits per heavy atom. The van der Waals surface area contributed by atoms with Crippen molar-refractivity contribution in [3.05, 3.63) is 30.6 Å². The molecule has 0 saturated heterocycles. The summed E-state index contributed by atoms with van der Waals surface area (Å²) in [5, 5.41) is 0. The van der Waals surface area contributed by atoms with Gasteiger partial charge in [-0.3, -0.25) is 4.98 Å². The summed E-state index contributed by atoms with van der Waals surface area (Å²) in [5.41, 5.74) is 0. The first-order valence-electron chi connectivity index (χ1n) is 1.85. The molecule has 12 heavy (non-hydrogen) atoms. The van der Waals surface area contributed by atoms with Gasteiger partial charge in [0.15, 0.2) is 0 Å². The largest absolute Gasteiger partial charge is 0.265 e. The molecule has 0 fully saturated rings. The molecule has 0 atom stereocenters. The summed E-state index contributed by atoms with van der Waals surface area (Å²) in [6.45, 7) is 0. The van der Waals surface area contributed by atoms with Gasteiger partial charge < -0.3 is 0 Å². The lowest BCUT2D eigenvalue weighted by Crippen LogP contribution is -1.58. The highest BCUT2D eigenvalue weighted by molar-refractivity contribution is 5.86. The molecular weight excluding hydrogens is 287 g/mol. The summed E-state index contributed by atoms with van der Waals surface area (Å²) >= 11 is 0. The highest BCUT2D eigenvalue weighted by atomic mass is 35.5. The van der Waals surface area contributed by atoms with E-state index in [2.05, 4.69) is 4.98 Å². The molecule has 7 heteroatoms. The number of hydrogen-bond donors (Lipinski definition) is 0. The molecule has 1 rings (SSSR count). The van der Waals surface area contributed by atoms with Gasteiger partial charge in [-0.15, -0.1) is 74.4 Å². The number of hydrogen-bond acceptors (Lipinski definition) is 1. The van der Waals surface area contributed by atoms with Gasteiger partial charge in [-0.1, -0.05) is 6.07 Å². The Kier molecular flexibility index (Phi) is 95.0. The smallest absolute Gasteiger partial charge is 0.0267 e. The van der Waals surface area contributed by atoms with Gasteiger partial charge in [-0.25, -0.2) is 0 Å². The van der Waals surface area contributed by atoms with Crippen LogP contribution >= 0.6 is 74.4 Å². The van der Waals surface area contributed by atoms with Gasteiger partial charge in [-0.2, -0.15) is 0 Å². The van der Waals surface area contributed by atoms with E-state index >= 15 is 0 Å². The summed E-state index contributed by atoms with van der Waals surface area (Å²) in [4.78, 5) is 3.78. The molecule has 1 heterocycles. The average Bonchev–Trinajstić information content (AvgIpc) is 1.72. The fraction of sp³-hybridized carbons (Fsp3) is 0. The Labute approximate surface area is 110 Å². The third-order valence-corrected chi connectivity index (χ3v) is 0.566. The van der Waals surface area contributed by atoms with E-state index in [1.807, 2.05) is 18.2 Å². The molecule has 1 nitrogen and oxygen atoms in total.